The molecular formula is C15H26N2O4. The highest BCUT2D eigenvalue weighted by molar-refractivity contribution is 5.76. The maximum Gasteiger partial charge on any atom is 0.306 e. The molecule has 0 heterocycles. The van der Waals surface area contributed by atoms with Gasteiger partial charge >= 0.3 is 5.97 Å². The minimum absolute atomic E-state index is 0.00515. The summed E-state index contributed by atoms with van der Waals surface area (Å²) in [5, 5.41) is 14.7. The largest absolute Gasteiger partial charge is 0.481 e. The molecule has 0 aromatic rings. The van der Waals surface area contributed by atoms with E-state index in [0.717, 1.165) is 32.1 Å². The van der Waals surface area contributed by atoms with Crippen molar-refractivity contribution in [1.29, 1.82) is 0 Å². The lowest BCUT2D eigenvalue weighted by atomic mass is 9.86. The van der Waals surface area contributed by atoms with E-state index < -0.39 is 5.97 Å². The molecule has 0 radical (unpaired) electrons. The summed E-state index contributed by atoms with van der Waals surface area (Å²) in [7, 11) is 0. The van der Waals surface area contributed by atoms with Crippen LogP contribution in [0.15, 0.2) is 0 Å². The van der Waals surface area contributed by atoms with Crippen LogP contribution in [0.3, 0.4) is 0 Å². The zero-order chi connectivity index (χ0) is 15.7. The van der Waals surface area contributed by atoms with Gasteiger partial charge < -0.3 is 15.7 Å². The quantitative estimate of drug-likeness (QED) is 0.591. The van der Waals surface area contributed by atoms with Crippen LogP contribution in [0.1, 0.15) is 58.3 Å². The maximum atomic E-state index is 11.8. The summed E-state index contributed by atoms with van der Waals surface area (Å²) in [5.41, 5.74) is 0. The van der Waals surface area contributed by atoms with Crippen molar-refractivity contribution in [3.63, 3.8) is 0 Å². The average Bonchev–Trinajstić information content (AvgIpc) is 2.42. The number of unbranched alkanes of at least 4 members (excludes halogenated alkanes) is 2. The standard InChI is InChI=1S/C15H26N2O4/c1-11(18)16-9-4-2-3-8-14(19)17-13-7-5-6-12(10-13)15(20)21/h12-13H,2-10H2,1H3,(H,16,18)(H,17,19)(H,20,21). The number of amides is 2. The van der Waals surface area contributed by atoms with Crippen molar-refractivity contribution >= 4 is 17.8 Å². The Hall–Kier alpha value is -1.59. The third kappa shape index (κ3) is 7.68. The van der Waals surface area contributed by atoms with Gasteiger partial charge in [0.2, 0.25) is 11.8 Å². The molecule has 0 saturated heterocycles. The van der Waals surface area contributed by atoms with E-state index in [9.17, 15) is 14.4 Å². The Morgan fingerprint density at radius 2 is 1.90 bits per heavy atom. The van der Waals surface area contributed by atoms with Crippen LogP contribution in [0.25, 0.3) is 0 Å². The van der Waals surface area contributed by atoms with Crippen LogP contribution in [0.2, 0.25) is 0 Å². The molecule has 1 fully saturated rings. The predicted octanol–water partition coefficient (Wildman–Crippen LogP) is 1.44. The maximum absolute atomic E-state index is 11.8. The summed E-state index contributed by atoms with van der Waals surface area (Å²) >= 11 is 0. The van der Waals surface area contributed by atoms with Gasteiger partial charge in [0.05, 0.1) is 5.92 Å². The van der Waals surface area contributed by atoms with E-state index in [1.165, 1.54) is 6.92 Å². The second-order valence-corrected chi connectivity index (χ2v) is 5.76. The van der Waals surface area contributed by atoms with Crippen LogP contribution >= 0.6 is 0 Å². The number of aliphatic carboxylic acids is 1. The van der Waals surface area contributed by atoms with Crippen molar-refractivity contribution in [3.8, 4) is 0 Å². The highest BCUT2D eigenvalue weighted by atomic mass is 16.4. The predicted molar refractivity (Wildman–Crippen MR) is 78.7 cm³/mol. The van der Waals surface area contributed by atoms with E-state index in [-0.39, 0.29) is 23.8 Å². The Kier molecular flexibility index (Phi) is 7.79. The highest BCUT2D eigenvalue weighted by Crippen LogP contribution is 2.24. The molecule has 1 aliphatic rings. The first kappa shape index (κ1) is 17.5. The summed E-state index contributed by atoms with van der Waals surface area (Å²) in [5.74, 6) is -1.10. The Balaban J connectivity index is 2.10. The summed E-state index contributed by atoms with van der Waals surface area (Å²) in [6, 6.07) is 0.00623. The van der Waals surface area contributed by atoms with Gasteiger partial charge in [-0.1, -0.05) is 12.8 Å². The lowest BCUT2D eigenvalue weighted by Gasteiger charge is -2.27. The molecule has 0 bridgehead atoms. The minimum Gasteiger partial charge on any atom is -0.481 e. The molecule has 3 N–H and O–H groups in total. The van der Waals surface area contributed by atoms with Crippen LogP contribution in [0, 0.1) is 5.92 Å². The molecule has 2 amide bonds. The van der Waals surface area contributed by atoms with Gasteiger partial charge in [0.25, 0.3) is 0 Å². The number of hydrogen-bond donors (Lipinski definition) is 3. The van der Waals surface area contributed by atoms with Crippen molar-refractivity contribution in [2.24, 2.45) is 5.92 Å². The number of nitrogens with one attached hydrogen (secondary N) is 2. The molecule has 0 aromatic heterocycles. The van der Waals surface area contributed by atoms with Gasteiger partial charge in [0, 0.05) is 25.9 Å². The number of hydrogen-bond acceptors (Lipinski definition) is 3. The molecule has 6 nitrogen and oxygen atoms in total. The molecule has 2 atom stereocenters. The third-order valence-corrected chi connectivity index (χ3v) is 3.84. The lowest BCUT2D eigenvalue weighted by Crippen LogP contribution is -2.39. The fourth-order valence-electron chi connectivity index (χ4n) is 2.70. The van der Waals surface area contributed by atoms with Crippen molar-refractivity contribution in [2.45, 2.75) is 64.3 Å². The van der Waals surface area contributed by atoms with Crippen LogP contribution in [-0.2, 0) is 14.4 Å². The molecule has 21 heavy (non-hydrogen) atoms. The molecule has 0 aromatic carbocycles. The smallest absolute Gasteiger partial charge is 0.306 e. The third-order valence-electron chi connectivity index (χ3n) is 3.84. The van der Waals surface area contributed by atoms with E-state index in [4.69, 9.17) is 5.11 Å². The molecular weight excluding hydrogens is 272 g/mol. The number of carbonyl (C=O) groups excluding carboxylic acids is 2. The number of carbonyl (C=O) groups is 3. The first-order valence-corrected chi connectivity index (χ1v) is 7.75. The number of rotatable bonds is 8. The topological polar surface area (TPSA) is 95.5 Å². The van der Waals surface area contributed by atoms with Crippen molar-refractivity contribution in [1.82, 2.24) is 10.6 Å². The highest BCUT2D eigenvalue weighted by Gasteiger charge is 2.27. The van der Waals surface area contributed by atoms with Crippen molar-refractivity contribution in [3.05, 3.63) is 0 Å². The van der Waals surface area contributed by atoms with Crippen LogP contribution in [0.4, 0.5) is 0 Å². The van der Waals surface area contributed by atoms with Gasteiger partial charge in [-0.2, -0.15) is 0 Å². The average molecular weight is 298 g/mol. The number of carboxylic acids is 1. The van der Waals surface area contributed by atoms with Gasteiger partial charge in [-0.05, 0) is 32.1 Å². The van der Waals surface area contributed by atoms with Crippen LogP contribution < -0.4 is 10.6 Å². The summed E-state index contributed by atoms with van der Waals surface area (Å²) in [4.78, 5) is 33.4. The number of carboxylic acid groups (broad SMARTS) is 1. The molecule has 2 unspecified atom stereocenters. The fraction of sp³-hybridized carbons (Fsp3) is 0.800. The van der Waals surface area contributed by atoms with Gasteiger partial charge in [-0.3, -0.25) is 14.4 Å². The molecule has 1 saturated carbocycles. The summed E-state index contributed by atoms with van der Waals surface area (Å²) < 4.78 is 0. The fourth-order valence-corrected chi connectivity index (χ4v) is 2.70. The van der Waals surface area contributed by atoms with E-state index in [1.807, 2.05) is 0 Å². The second-order valence-electron chi connectivity index (χ2n) is 5.76. The Morgan fingerprint density at radius 1 is 1.14 bits per heavy atom. The van der Waals surface area contributed by atoms with Gasteiger partial charge in [-0.15, -0.1) is 0 Å². The Morgan fingerprint density at radius 3 is 2.57 bits per heavy atom. The van der Waals surface area contributed by atoms with Crippen LogP contribution in [-0.4, -0.2) is 35.5 Å². The molecule has 6 heteroatoms. The molecule has 0 aliphatic heterocycles. The Labute approximate surface area is 125 Å². The van der Waals surface area contributed by atoms with Gasteiger partial charge in [0.15, 0.2) is 0 Å². The minimum atomic E-state index is -0.757. The lowest BCUT2D eigenvalue weighted by molar-refractivity contribution is -0.143. The Bertz CT molecular complexity index is 371. The molecule has 1 rings (SSSR count). The van der Waals surface area contributed by atoms with E-state index >= 15 is 0 Å². The molecule has 0 spiro atoms. The van der Waals surface area contributed by atoms with E-state index in [0.29, 0.717) is 25.8 Å². The second kappa shape index (κ2) is 9.37. The summed E-state index contributed by atoms with van der Waals surface area (Å²) in [6.45, 7) is 2.14. The van der Waals surface area contributed by atoms with E-state index in [1.54, 1.807) is 0 Å². The molecule has 1 aliphatic carbocycles. The van der Waals surface area contributed by atoms with E-state index in [2.05, 4.69) is 10.6 Å². The van der Waals surface area contributed by atoms with Gasteiger partial charge in [-0.25, -0.2) is 0 Å². The first-order chi connectivity index (χ1) is 9.99. The molecule has 120 valence electrons. The summed E-state index contributed by atoms with van der Waals surface area (Å²) in [6.07, 6.45) is 6.02. The zero-order valence-electron chi connectivity index (χ0n) is 12.7. The van der Waals surface area contributed by atoms with Crippen LogP contribution in [0.5, 0.6) is 0 Å². The SMILES string of the molecule is CC(=O)NCCCCCC(=O)NC1CCCC(C(=O)O)C1. The van der Waals surface area contributed by atoms with Gasteiger partial charge in [0.1, 0.15) is 0 Å². The first-order valence-electron chi connectivity index (χ1n) is 7.75. The van der Waals surface area contributed by atoms with Crippen molar-refractivity contribution in [2.75, 3.05) is 6.54 Å². The normalized spacial score (nSPS) is 21.6. The van der Waals surface area contributed by atoms with Crippen molar-refractivity contribution < 1.29 is 19.5 Å². The monoisotopic (exact) mass is 298 g/mol. The zero-order valence-corrected chi connectivity index (χ0v) is 12.7.